The third-order valence-corrected chi connectivity index (χ3v) is 6.30. The van der Waals surface area contributed by atoms with E-state index < -0.39 is 46.0 Å². The molecule has 2 aromatic carbocycles. The van der Waals surface area contributed by atoms with Gasteiger partial charge in [-0.3, -0.25) is 0 Å². The predicted octanol–water partition coefficient (Wildman–Crippen LogP) is 9.01. The van der Waals surface area contributed by atoms with Gasteiger partial charge in [0.25, 0.3) is 0 Å². The summed E-state index contributed by atoms with van der Waals surface area (Å²) >= 11 is 0. The Labute approximate surface area is 183 Å². The molecule has 174 valence electrons. The molecule has 0 N–H and O–H groups in total. The third-order valence-electron chi connectivity index (χ3n) is 4.74. The van der Waals surface area contributed by atoms with Gasteiger partial charge in [-0.25, -0.2) is 26.3 Å². The predicted molar refractivity (Wildman–Crippen MR) is 118 cm³/mol. The first-order valence-corrected chi connectivity index (χ1v) is 12.2. The fourth-order valence-electron chi connectivity index (χ4n) is 3.01. The number of unbranched alkanes of at least 4 members (excludes halogenated alkanes) is 6. The minimum atomic E-state index is -2.27. The molecule has 0 heterocycles. The number of hydrogen-bond donors (Lipinski definition) is 0. The largest absolute Gasteiger partial charge is 0.206 e. The molecule has 2 aromatic rings. The number of benzene rings is 2. The molecule has 0 aliphatic heterocycles. The Morgan fingerprint density at radius 3 is 1.65 bits per heavy atom. The van der Waals surface area contributed by atoms with Crippen molar-refractivity contribution in [1.82, 2.24) is 0 Å². The van der Waals surface area contributed by atoms with Crippen LogP contribution in [-0.4, -0.2) is 12.3 Å². The summed E-state index contributed by atoms with van der Waals surface area (Å²) in [6.45, 7) is 4.57. The molecule has 0 fully saturated rings. The van der Waals surface area contributed by atoms with Crippen molar-refractivity contribution in [2.45, 2.75) is 65.2 Å². The lowest BCUT2D eigenvalue weighted by Crippen LogP contribution is -2.04. The smallest absolute Gasteiger partial charge is 0.200 e. The lowest BCUT2D eigenvalue weighted by atomic mass is 10.0. The van der Waals surface area contributed by atoms with Crippen LogP contribution in [0.1, 0.15) is 65.2 Å². The van der Waals surface area contributed by atoms with E-state index in [2.05, 4.69) is 13.8 Å². The summed E-state index contributed by atoms with van der Waals surface area (Å²) in [5, 5.41) is 0. The Morgan fingerprint density at radius 2 is 1.10 bits per heavy atom. The molecule has 0 saturated carbocycles. The van der Waals surface area contributed by atoms with E-state index in [1.54, 1.807) is 0 Å². The van der Waals surface area contributed by atoms with Gasteiger partial charge in [-0.1, -0.05) is 77.0 Å². The highest BCUT2D eigenvalue weighted by molar-refractivity contribution is 7.37. The van der Waals surface area contributed by atoms with E-state index in [9.17, 15) is 26.3 Å². The van der Waals surface area contributed by atoms with Crippen molar-refractivity contribution in [2.75, 3.05) is 12.3 Å². The SMILES string of the molecule is CCCCCCCCCPCCC.Fc1ccccc1-c1c(F)c(F)c(F)c(F)c1F. The molecule has 0 radical (unpaired) electrons. The molecule has 1 atom stereocenters. The highest BCUT2D eigenvalue weighted by Crippen LogP contribution is 2.32. The summed E-state index contributed by atoms with van der Waals surface area (Å²) in [6.07, 6.45) is 14.6. The Bertz CT molecular complexity index is 755. The van der Waals surface area contributed by atoms with Crippen LogP contribution in [0.15, 0.2) is 24.3 Å². The zero-order valence-electron chi connectivity index (χ0n) is 18.1. The van der Waals surface area contributed by atoms with Gasteiger partial charge in [-0.05, 0) is 24.8 Å². The Hall–Kier alpha value is -1.55. The second-order valence-electron chi connectivity index (χ2n) is 7.30. The minimum Gasteiger partial charge on any atom is -0.206 e. The molecule has 0 bridgehead atoms. The maximum Gasteiger partial charge on any atom is 0.200 e. The van der Waals surface area contributed by atoms with Crippen LogP contribution in [0.3, 0.4) is 0 Å². The average Bonchev–Trinajstić information content (AvgIpc) is 2.77. The monoisotopic (exact) mass is 464 g/mol. The fourth-order valence-corrected chi connectivity index (χ4v) is 4.12. The van der Waals surface area contributed by atoms with E-state index in [4.69, 9.17) is 0 Å². The first-order valence-electron chi connectivity index (χ1n) is 10.8. The van der Waals surface area contributed by atoms with Crippen LogP contribution in [-0.2, 0) is 0 Å². The molecule has 0 spiro atoms. The van der Waals surface area contributed by atoms with Crippen LogP contribution in [0, 0.1) is 34.9 Å². The van der Waals surface area contributed by atoms with E-state index in [0.717, 1.165) is 12.1 Å². The quantitative estimate of drug-likeness (QED) is 0.102. The van der Waals surface area contributed by atoms with Gasteiger partial charge >= 0.3 is 0 Å². The molecule has 7 heteroatoms. The van der Waals surface area contributed by atoms with E-state index in [1.807, 2.05) is 0 Å². The van der Waals surface area contributed by atoms with E-state index >= 15 is 0 Å². The molecule has 2 rings (SSSR count). The number of rotatable bonds is 11. The van der Waals surface area contributed by atoms with E-state index in [1.165, 1.54) is 84.4 Å². The maximum absolute atomic E-state index is 13.4. The topological polar surface area (TPSA) is 0 Å². The van der Waals surface area contributed by atoms with Crippen molar-refractivity contribution in [3.8, 4) is 11.1 Å². The lowest BCUT2D eigenvalue weighted by molar-refractivity contribution is 0.381. The van der Waals surface area contributed by atoms with Gasteiger partial charge in [0.2, 0.25) is 5.82 Å². The van der Waals surface area contributed by atoms with Crippen molar-refractivity contribution >= 4 is 8.58 Å². The third kappa shape index (κ3) is 8.84. The summed E-state index contributed by atoms with van der Waals surface area (Å²) in [5.74, 6) is -11.7. The van der Waals surface area contributed by atoms with Crippen molar-refractivity contribution in [3.63, 3.8) is 0 Å². The Morgan fingerprint density at radius 1 is 0.581 bits per heavy atom. The lowest BCUT2D eigenvalue weighted by Gasteiger charge is -2.08. The van der Waals surface area contributed by atoms with Gasteiger partial charge in [-0.2, -0.15) is 0 Å². The van der Waals surface area contributed by atoms with Gasteiger partial charge in [0.15, 0.2) is 23.3 Å². The van der Waals surface area contributed by atoms with Gasteiger partial charge in [-0.15, -0.1) is 8.58 Å². The molecule has 0 aliphatic carbocycles. The van der Waals surface area contributed by atoms with Crippen LogP contribution < -0.4 is 0 Å². The van der Waals surface area contributed by atoms with Crippen LogP contribution in [0.4, 0.5) is 26.3 Å². The molecule has 0 amide bonds. The summed E-state index contributed by atoms with van der Waals surface area (Å²) in [7, 11) is 1.24. The highest BCUT2D eigenvalue weighted by atomic mass is 31.1. The second-order valence-corrected chi connectivity index (χ2v) is 8.80. The highest BCUT2D eigenvalue weighted by Gasteiger charge is 2.27. The summed E-state index contributed by atoms with van der Waals surface area (Å²) < 4.78 is 78.8. The summed E-state index contributed by atoms with van der Waals surface area (Å²) in [4.78, 5) is 0. The molecular weight excluding hydrogens is 433 g/mol. The molecule has 0 saturated heterocycles. The van der Waals surface area contributed by atoms with Crippen molar-refractivity contribution in [2.24, 2.45) is 0 Å². The minimum absolute atomic E-state index is 0.690. The van der Waals surface area contributed by atoms with Gasteiger partial charge in [0.05, 0.1) is 5.56 Å². The molecule has 0 aromatic heterocycles. The standard InChI is InChI=1S/C12H4F6.C12H27P/c13-6-4-2-1-3-5(6)7-8(14)10(16)12(18)11(17)9(7)15;1-3-5-6-7-8-9-10-12-13-11-4-2/h1-4H;13H,3-12H2,1-2H3. The zero-order chi connectivity index (χ0) is 23.2. The zero-order valence-corrected chi connectivity index (χ0v) is 19.1. The molecule has 0 nitrogen and oxygen atoms in total. The van der Waals surface area contributed by atoms with Crippen molar-refractivity contribution in [3.05, 3.63) is 59.2 Å². The van der Waals surface area contributed by atoms with Crippen LogP contribution in [0.25, 0.3) is 11.1 Å². The van der Waals surface area contributed by atoms with E-state index in [0.29, 0.717) is 0 Å². The van der Waals surface area contributed by atoms with Crippen LogP contribution in [0.2, 0.25) is 0 Å². The number of halogens is 6. The fraction of sp³-hybridized carbons (Fsp3) is 0.500. The maximum atomic E-state index is 13.4. The first-order chi connectivity index (χ1) is 14.9. The van der Waals surface area contributed by atoms with Crippen molar-refractivity contribution in [1.29, 1.82) is 0 Å². The summed E-state index contributed by atoms with van der Waals surface area (Å²) in [6, 6.07) is 4.22. The van der Waals surface area contributed by atoms with Gasteiger partial charge in [0.1, 0.15) is 5.82 Å². The first kappa shape index (κ1) is 27.5. The van der Waals surface area contributed by atoms with Gasteiger partial charge in [0, 0.05) is 5.56 Å². The van der Waals surface area contributed by atoms with Gasteiger partial charge < -0.3 is 0 Å². The molecule has 31 heavy (non-hydrogen) atoms. The average molecular weight is 464 g/mol. The molecular formula is C24H31F6P. The second kappa shape index (κ2) is 15.3. The van der Waals surface area contributed by atoms with Crippen LogP contribution >= 0.6 is 8.58 Å². The normalized spacial score (nSPS) is 11.1. The van der Waals surface area contributed by atoms with Crippen LogP contribution in [0.5, 0.6) is 0 Å². The Kier molecular flexibility index (Phi) is 13.6. The summed E-state index contributed by atoms with van der Waals surface area (Å²) in [5.41, 5.74) is -1.96. The number of hydrogen-bond acceptors (Lipinski definition) is 0. The molecule has 1 unspecified atom stereocenters. The van der Waals surface area contributed by atoms with E-state index in [-0.39, 0.29) is 0 Å². The Balaban J connectivity index is 0.000000330. The van der Waals surface area contributed by atoms with Crippen molar-refractivity contribution < 1.29 is 26.3 Å². The molecule has 0 aliphatic rings.